The number of thiazole rings is 1. The highest BCUT2D eigenvalue weighted by molar-refractivity contribution is 7.90. The number of carbonyl (C=O) groups excluding carboxylic acids is 1. The van der Waals surface area contributed by atoms with Crippen molar-refractivity contribution in [2.75, 3.05) is 17.6 Å². The molecule has 0 spiro atoms. The Balaban J connectivity index is 1.41. The highest BCUT2D eigenvalue weighted by Gasteiger charge is 2.12. The average Bonchev–Trinajstić information content (AvgIpc) is 3.15. The summed E-state index contributed by atoms with van der Waals surface area (Å²) in [5, 5.41) is 7.62. The smallest absolute Gasteiger partial charge is 0.321 e. The Morgan fingerprint density at radius 3 is 2.68 bits per heavy atom. The second kappa shape index (κ2) is 9.43. The number of urea groups is 1. The van der Waals surface area contributed by atoms with Gasteiger partial charge in [0.2, 0.25) is 0 Å². The van der Waals surface area contributed by atoms with Gasteiger partial charge in [-0.25, -0.2) is 18.2 Å². The number of amides is 2. The van der Waals surface area contributed by atoms with E-state index in [4.69, 9.17) is 0 Å². The Labute approximate surface area is 167 Å². The van der Waals surface area contributed by atoms with Gasteiger partial charge in [-0.2, -0.15) is 0 Å². The van der Waals surface area contributed by atoms with Gasteiger partial charge in [-0.15, -0.1) is 11.3 Å². The maximum atomic E-state index is 12.1. The molecule has 0 saturated carbocycles. The van der Waals surface area contributed by atoms with Crippen molar-refractivity contribution in [3.8, 4) is 11.3 Å². The van der Waals surface area contributed by atoms with Gasteiger partial charge in [0.25, 0.3) is 0 Å². The van der Waals surface area contributed by atoms with Crippen LogP contribution in [-0.4, -0.2) is 36.7 Å². The summed E-state index contributed by atoms with van der Waals surface area (Å²) in [7, 11) is -3.21. The van der Waals surface area contributed by atoms with Crippen LogP contribution in [0.2, 0.25) is 0 Å². The maximum absolute atomic E-state index is 12.1. The third-order valence-corrected chi connectivity index (χ3v) is 6.27. The Morgan fingerprint density at radius 1 is 1.11 bits per heavy atom. The van der Waals surface area contributed by atoms with E-state index < -0.39 is 15.9 Å². The molecule has 0 aliphatic carbocycles. The van der Waals surface area contributed by atoms with Crippen LogP contribution in [0.4, 0.5) is 9.93 Å². The van der Waals surface area contributed by atoms with Crippen molar-refractivity contribution in [3.63, 3.8) is 0 Å². The quantitative estimate of drug-likeness (QED) is 0.549. The number of anilines is 1. The normalized spacial score (nSPS) is 11.1. The zero-order valence-electron chi connectivity index (χ0n) is 15.0. The molecular formula is C19H20N4O3S2. The van der Waals surface area contributed by atoms with Gasteiger partial charge in [-0.05, 0) is 24.1 Å². The monoisotopic (exact) mass is 416 g/mol. The van der Waals surface area contributed by atoms with Crippen LogP contribution >= 0.6 is 11.3 Å². The van der Waals surface area contributed by atoms with Gasteiger partial charge in [-0.1, -0.05) is 30.3 Å². The Morgan fingerprint density at radius 2 is 1.93 bits per heavy atom. The number of benzene rings is 1. The molecule has 9 heteroatoms. The summed E-state index contributed by atoms with van der Waals surface area (Å²) in [6.45, 7) is 0.265. The summed E-state index contributed by atoms with van der Waals surface area (Å²) in [6.07, 6.45) is 3.73. The minimum absolute atomic E-state index is 0.0102. The summed E-state index contributed by atoms with van der Waals surface area (Å²) in [6, 6.07) is 12.4. The standard InChI is InChI=1S/C19H20N4O3S2/c24-18(23-19-22-17(13-27-19)16-8-4-9-20-12-16)21-10-5-11-28(25,26)14-15-6-2-1-3-7-15/h1-4,6-9,12-13H,5,10-11,14H2,(H2,21,22,23,24). The molecule has 0 aliphatic rings. The molecule has 146 valence electrons. The van der Waals surface area contributed by atoms with Gasteiger partial charge in [0.05, 0.1) is 17.2 Å². The molecule has 2 N–H and O–H groups in total. The van der Waals surface area contributed by atoms with E-state index in [2.05, 4.69) is 20.6 Å². The van der Waals surface area contributed by atoms with Crippen molar-refractivity contribution in [3.05, 3.63) is 65.8 Å². The Kier molecular flexibility index (Phi) is 6.72. The maximum Gasteiger partial charge on any atom is 0.321 e. The molecule has 28 heavy (non-hydrogen) atoms. The molecule has 0 atom stereocenters. The highest BCUT2D eigenvalue weighted by Crippen LogP contribution is 2.23. The van der Waals surface area contributed by atoms with Crippen molar-refractivity contribution in [2.24, 2.45) is 0 Å². The first kappa shape index (κ1) is 20.0. The summed E-state index contributed by atoms with van der Waals surface area (Å²) in [4.78, 5) is 20.3. The highest BCUT2D eigenvalue weighted by atomic mass is 32.2. The van der Waals surface area contributed by atoms with Crippen molar-refractivity contribution < 1.29 is 13.2 Å². The molecule has 1 aromatic carbocycles. The molecule has 2 heterocycles. The van der Waals surface area contributed by atoms with Crippen molar-refractivity contribution in [1.29, 1.82) is 0 Å². The molecule has 3 rings (SSSR count). The molecule has 0 aliphatic heterocycles. The number of hydrogen-bond acceptors (Lipinski definition) is 6. The van der Waals surface area contributed by atoms with Gasteiger partial charge >= 0.3 is 6.03 Å². The number of rotatable bonds is 8. The summed E-state index contributed by atoms with van der Waals surface area (Å²) < 4.78 is 24.3. The molecule has 2 amide bonds. The topological polar surface area (TPSA) is 101 Å². The van der Waals surface area contributed by atoms with E-state index in [0.717, 1.165) is 16.8 Å². The fourth-order valence-corrected chi connectivity index (χ4v) is 4.66. The number of aromatic nitrogens is 2. The van der Waals surface area contributed by atoms with E-state index >= 15 is 0 Å². The molecule has 0 saturated heterocycles. The van der Waals surface area contributed by atoms with E-state index in [1.807, 2.05) is 35.7 Å². The Hall–Kier alpha value is -2.78. The lowest BCUT2D eigenvalue weighted by molar-refractivity contribution is 0.252. The minimum atomic E-state index is -3.21. The molecule has 3 aromatic rings. The lowest BCUT2D eigenvalue weighted by atomic mass is 10.2. The molecule has 0 fully saturated rings. The number of nitrogens with one attached hydrogen (secondary N) is 2. The number of nitrogens with zero attached hydrogens (tertiary/aromatic N) is 2. The summed E-state index contributed by atoms with van der Waals surface area (Å²) in [5.41, 5.74) is 2.37. The fourth-order valence-electron chi connectivity index (χ4n) is 2.51. The third kappa shape index (κ3) is 6.14. The first-order valence-electron chi connectivity index (χ1n) is 8.67. The predicted octanol–water partition coefficient (Wildman–Crippen LogP) is 3.33. The van der Waals surface area contributed by atoms with Gasteiger partial charge in [0.15, 0.2) is 15.0 Å². The second-order valence-electron chi connectivity index (χ2n) is 6.09. The average molecular weight is 417 g/mol. The lowest BCUT2D eigenvalue weighted by Gasteiger charge is -2.07. The van der Waals surface area contributed by atoms with Crippen LogP contribution < -0.4 is 10.6 Å². The van der Waals surface area contributed by atoms with Crippen LogP contribution in [-0.2, 0) is 15.6 Å². The van der Waals surface area contributed by atoms with Crippen molar-refractivity contribution >= 4 is 32.3 Å². The van der Waals surface area contributed by atoms with Gasteiger partial charge in [0.1, 0.15) is 0 Å². The van der Waals surface area contributed by atoms with Crippen molar-refractivity contribution in [2.45, 2.75) is 12.2 Å². The van der Waals surface area contributed by atoms with E-state index in [9.17, 15) is 13.2 Å². The van der Waals surface area contributed by atoms with E-state index in [1.54, 1.807) is 24.5 Å². The van der Waals surface area contributed by atoms with Crippen LogP contribution in [0.25, 0.3) is 11.3 Å². The van der Waals surface area contributed by atoms with E-state index in [-0.39, 0.29) is 18.1 Å². The van der Waals surface area contributed by atoms with Gasteiger partial charge in [0, 0.05) is 29.9 Å². The lowest BCUT2D eigenvalue weighted by Crippen LogP contribution is -2.30. The number of hydrogen-bond donors (Lipinski definition) is 2. The zero-order valence-corrected chi connectivity index (χ0v) is 16.7. The SMILES string of the molecule is O=C(NCCCS(=O)(=O)Cc1ccccc1)Nc1nc(-c2cccnc2)cs1. The minimum Gasteiger partial charge on any atom is -0.338 e. The first-order valence-corrected chi connectivity index (χ1v) is 11.4. The fraction of sp³-hybridized carbons (Fsp3) is 0.211. The van der Waals surface area contributed by atoms with E-state index in [0.29, 0.717) is 11.6 Å². The number of sulfone groups is 1. The Bertz CT molecular complexity index is 1010. The third-order valence-electron chi connectivity index (χ3n) is 3.83. The van der Waals surface area contributed by atoms with Gasteiger partial charge < -0.3 is 5.32 Å². The summed E-state index contributed by atoms with van der Waals surface area (Å²) in [5.74, 6) is 0.0286. The number of pyridine rings is 1. The van der Waals surface area contributed by atoms with Crippen LogP contribution in [0.15, 0.2) is 60.2 Å². The zero-order chi connectivity index (χ0) is 19.8. The molecule has 0 radical (unpaired) electrons. The number of carbonyl (C=O) groups is 1. The molecule has 2 aromatic heterocycles. The van der Waals surface area contributed by atoms with Crippen LogP contribution in [0.5, 0.6) is 0 Å². The molecule has 7 nitrogen and oxygen atoms in total. The largest absolute Gasteiger partial charge is 0.338 e. The van der Waals surface area contributed by atoms with Crippen molar-refractivity contribution in [1.82, 2.24) is 15.3 Å². The second-order valence-corrected chi connectivity index (χ2v) is 9.13. The van der Waals surface area contributed by atoms with Crippen LogP contribution in [0, 0.1) is 0 Å². The molecule has 0 bridgehead atoms. The molecular weight excluding hydrogens is 396 g/mol. The van der Waals surface area contributed by atoms with Gasteiger partial charge in [-0.3, -0.25) is 10.3 Å². The van der Waals surface area contributed by atoms with E-state index in [1.165, 1.54) is 11.3 Å². The predicted molar refractivity (Wildman–Crippen MR) is 111 cm³/mol. The van der Waals surface area contributed by atoms with Crippen LogP contribution in [0.1, 0.15) is 12.0 Å². The molecule has 0 unspecified atom stereocenters. The summed E-state index contributed by atoms with van der Waals surface area (Å²) >= 11 is 1.31. The van der Waals surface area contributed by atoms with Crippen LogP contribution in [0.3, 0.4) is 0 Å². The first-order chi connectivity index (χ1) is 13.5.